The van der Waals surface area contributed by atoms with E-state index in [-0.39, 0.29) is 0 Å². The first-order valence-electron chi connectivity index (χ1n) is 5.49. The van der Waals surface area contributed by atoms with Crippen molar-refractivity contribution in [1.29, 1.82) is 0 Å². The Labute approximate surface area is 86.7 Å². The molecule has 1 unspecified atom stereocenters. The fraction of sp³-hybridized carbons (Fsp3) is 0.429. The molecule has 0 fully saturated rings. The van der Waals surface area contributed by atoms with Crippen LogP contribution in [0.1, 0.15) is 44.2 Å². The van der Waals surface area contributed by atoms with Gasteiger partial charge in [0.1, 0.15) is 0 Å². The molecule has 1 aliphatic rings. The number of hydrogen-bond acceptors (Lipinski definition) is 0. The highest BCUT2D eigenvalue weighted by molar-refractivity contribution is 5.71. The molecule has 0 aliphatic heterocycles. The summed E-state index contributed by atoms with van der Waals surface area (Å²) < 4.78 is 0. The second-order valence-electron chi connectivity index (χ2n) is 4.54. The van der Waals surface area contributed by atoms with Crippen LogP contribution in [0.5, 0.6) is 0 Å². The summed E-state index contributed by atoms with van der Waals surface area (Å²) in [5.41, 5.74) is 4.53. The molecule has 0 radical (unpaired) electrons. The number of benzene rings is 1. The smallest absolute Gasteiger partial charge is 0.0150 e. The van der Waals surface area contributed by atoms with E-state index in [9.17, 15) is 0 Å². The minimum atomic E-state index is 0.642. The number of rotatable bonds is 1. The Morgan fingerprint density at radius 3 is 2.64 bits per heavy atom. The van der Waals surface area contributed by atoms with Crippen molar-refractivity contribution in [2.45, 2.75) is 33.1 Å². The molecule has 74 valence electrons. The monoisotopic (exact) mass is 186 g/mol. The minimum Gasteiger partial charge on any atom is -0.0799 e. The zero-order chi connectivity index (χ0) is 10.1. The van der Waals surface area contributed by atoms with Crippen molar-refractivity contribution in [2.75, 3.05) is 0 Å². The van der Waals surface area contributed by atoms with Crippen LogP contribution < -0.4 is 0 Å². The first kappa shape index (κ1) is 9.51. The van der Waals surface area contributed by atoms with E-state index in [1.165, 1.54) is 23.1 Å². The Bertz CT molecular complexity index is 358. The third-order valence-corrected chi connectivity index (χ3v) is 3.12. The van der Waals surface area contributed by atoms with Crippen molar-refractivity contribution in [1.82, 2.24) is 0 Å². The van der Waals surface area contributed by atoms with Crippen LogP contribution in [0.15, 0.2) is 30.3 Å². The normalized spacial score (nSPS) is 20.6. The van der Waals surface area contributed by atoms with Gasteiger partial charge in [0, 0.05) is 0 Å². The van der Waals surface area contributed by atoms with Gasteiger partial charge < -0.3 is 0 Å². The van der Waals surface area contributed by atoms with Crippen LogP contribution in [0.4, 0.5) is 0 Å². The van der Waals surface area contributed by atoms with Gasteiger partial charge in [0.15, 0.2) is 0 Å². The summed E-state index contributed by atoms with van der Waals surface area (Å²) >= 11 is 0. The largest absolute Gasteiger partial charge is 0.0799 e. The van der Waals surface area contributed by atoms with E-state index >= 15 is 0 Å². The topological polar surface area (TPSA) is 0 Å². The van der Waals surface area contributed by atoms with Crippen LogP contribution in [0.2, 0.25) is 0 Å². The van der Waals surface area contributed by atoms with Gasteiger partial charge in [-0.25, -0.2) is 0 Å². The Kier molecular flexibility index (Phi) is 2.45. The van der Waals surface area contributed by atoms with Crippen LogP contribution >= 0.6 is 0 Å². The zero-order valence-corrected chi connectivity index (χ0v) is 9.25. The molecule has 0 saturated heterocycles. The standard InChI is InChI=1S/C14H18/c1-10(2)12-9-8-11(3)13-6-4-5-7-14(12)13/h4-7,9-11H,8H2,1-3H3. The van der Waals surface area contributed by atoms with Crippen molar-refractivity contribution >= 4 is 5.57 Å². The maximum atomic E-state index is 2.41. The summed E-state index contributed by atoms with van der Waals surface area (Å²) in [6, 6.07) is 8.83. The molecule has 1 aliphatic carbocycles. The maximum Gasteiger partial charge on any atom is -0.0150 e. The molecular formula is C14H18. The average Bonchev–Trinajstić information content (AvgIpc) is 2.18. The van der Waals surface area contributed by atoms with E-state index in [1.54, 1.807) is 0 Å². The van der Waals surface area contributed by atoms with Crippen molar-refractivity contribution in [3.8, 4) is 0 Å². The molecule has 0 heteroatoms. The molecule has 1 aromatic rings. The van der Waals surface area contributed by atoms with Gasteiger partial charge in [-0.1, -0.05) is 51.1 Å². The molecule has 1 atom stereocenters. The molecule has 1 aromatic carbocycles. The summed E-state index contributed by atoms with van der Waals surface area (Å²) in [5.74, 6) is 1.33. The summed E-state index contributed by atoms with van der Waals surface area (Å²) in [5, 5.41) is 0. The second kappa shape index (κ2) is 3.61. The number of fused-ring (bicyclic) bond motifs is 1. The Balaban J connectivity index is 2.51. The van der Waals surface area contributed by atoms with E-state index < -0.39 is 0 Å². The van der Waals surface area contributed by atoms with E-state index in [0.29, 0.717) is 11.8 Å². The van der Waals surface area contributed by atoms with Gasteiger partial charge in [-0.2, -0.15) is 0 Å². The molecule has 0 bridgehead atoms. The summed E-state index contributed by atoms with van der Waals surface area (Å²) in [7, 11) is 0. The molecule has 0 nitrogen and oxygen atoms in total. The lowest BCUT2D eigenvalue weighted by Gasteiger charge is -2.24. The van der Waals surface area contributed by atoms with Crippen LogP contribution in [-0.2, 0) is 0 Å². The van der Waals surface area contributed by atoms with E-state index in [0.717, 1.165) is 0 Å². The van der Waals surface area contributed by atoms with Crippen LogP contribution in [0, 0.1) is 5.92 Å². The maximum absolute atomic E-state index is 2.41. The van der Waals surface area contributed by atoms with Crippen molar-refractivity contribution in [3.63, 3.8) is 0 Å². The van der Waals surface area contributed by atoms with Crippen LogP contribution in [0.25, 0.3) is 5.57 Å². The van der Waals surface area contributed by atoms with Gasteiger partial charge in [0.2, 0.25) is 0 Å². The summed E-state index contributed by atoms with van der Waals surface area (Å²) in [6.45, 7) is 6.86. The first-order valence-corrected chi connectivity index (χ1v) is 5.49. The Morgan fingerprint density at radius 2 is 1.93 bits per heavy atom. The second-order valence-corrected chi connectivity index (χ2v) is 4.54. The van der Waals surface area contributed by atoms with Crippen molar-refractivity contribution in [2.24, 2.45) is 5.92 Å². The van der Waals surface area contributed by atoms with Gasteiger partial charge in [-0.15, -0.1) is 0 Å². The quantitative estimate of drug-likeness (QED) is 0.615. The lowest BCUT2D eigenvalue weighted by molar-refractivity contribution is 0.744. The molecule has 0 amide bonds. The lowest BCUT2D eigenvalue weighted by atomic mass is 9.80. The summed E-state index contributed by atoms with van der Waals surface area (Å²) in [4.78, 5) is 0. The minimum absolute atomic E-state index is 0.642. The van der Waals surface area contributed by atoms with E-state index in [2.05, 4.69) is 51.1 Å². The Hall–Kier alpha value is -1.04. The molecule has 14 heavy (non-hydrogen) atoms. The molecule has 0 N–H and O–H groups in total. The molecule has 0 spiro atoms. The van der Waals surface area contributed by atoms with Gasteiger partial charge >= 0.3 is 0 Å². The molecule has 0 aromatic heterocycles. The Morgan fingerprint density at radius 1 is 1.21 bits per heavy atom. The molecule has 0 heterocycles. The fourth-order valence-corrected chi connectivity index (χ4v) is 2.28. The first-order chi connectivity index (χ1) is 6.70. The molecule has 0 saturated carbocycles. The van der Waals surface area contributed by atoms with Crippen molar-refractivity contribution < 1.29 is 0 Å². The average molecular weight is 186 g/mol. The highest BCUT2D eigenvalue weighted by Crippen LogP contribution is 2.37. The highest BCUT2D eigenvalue weighted by Gasteiger charge is 2.18. The van der Waals surface area contributed by atoms with Gasteiger partial charge in [0.05, 0.1) is 0 Å². The zero-order valence-electron chi connectivity index (χ0n) is 9.25. The predicted molar refractivity (Wildman–Crippen MR) is 62.3 cm³/mol. The summed E-state index contributed by atoms with van der Waals surface area (Å²) in [6.07, 6.45) is 3.61. The van der Waals surface area contributed by atoms with E-state index in [1.807, 2.05) is 0 Å². The van der Waals surface area contributed by atoms with E-state index in [4.69, 9.17) is 0 Å². The van der Waals surface area contributed by atoms with Gasteiger partial charge in [-0.3, -0.25) is 0 Å². The van der Waals surface area contributed by atoms with Crippen LogP contribution in [-0.4, -0.2) is 0 Å². The van der Waals surface area contributed by atoms with Crippen LogP contribution in [0.3, 0.4) is 0 Å². The lowest BCUT2D eigenvalue weighted by Crippen LogP contribution is -2.06. The highest BCUT2D eigenvalue weighted by atomic mass is 14.2. The number of hydrogen-bond donors (Lipinski definition) is 0. The SMILES string of the molecule is CC(C)C1=CCC(C)c2ccccc21. The third kappa shape index (κ3) is 1.50. The third-order valence-electron chi connectivity index (χ3n) is 3.12. The van der Waals surface area contributed by atoms with Gasteiger partial charge in [0.25, 0.3) is 0 Å². The molecule has 2 rings (SSSR count). The predicted octanol–water partition coefficient (Wildman–Crippen LogP) is 4.23. The number of allylic oxidation sites excluding steroid dienone is 2. The molecular weight excluding hydrogens is 168 g/mol. The van der Waals surface area contributed by atoms with Crippen molar-refractivity contribution in [3.05, 3.63) is 41.5 Å². The fourth-order valence-electron chi connectivity index (χ4n) is 2.28. The van der Waals surface area contributed by atoms with Gasteiger partial charge in [-0.05, 0) is 35.0 Å².